The molecule has 0 aliphatic carbocycles. The number of amides is 1. The molecule has 1 aromatic heterocycles. The Morgan fingerprint density at radius 1 is 1.29 bits per heavy atom. The fourth-order valence-corrected chi connectivity index (χ4v) is 1.57. The highest BCUT2D eigenvalue weighted by atomic mass is 19.1. The van der Waals surface area contributed by atoms with Crippen molar-refractivity contribution in [2.45, 2.75) is 6.92 Å². The van der Waals surface area contributed by atoms with Gasteiger partial charge in [-0.3, -0.25) is 9.78 Å². The molecule has 2 rings (SSSR count). The third kappa shape index (κ3) is 4.38. The van der Waals surface area contributed by atoms with Gasteiger partial charge in [0.25, 0.3) is 5.91 Å². The average Bonchev–Trinajstić information content (AvgIpc) is 2.45. The number of rotatable bonds is 4. The maximum Gasteiger partial charge on any atom is 0.340 e. The lowest BCUT2D eigenvalue weighted by atomic mass is 10.2. The molecule has 0 aliphatic rings. The summed E-state index contributed by atoms with van der Waals surface area (Å²) in [6.45, 7) is 1.34. The first-order valence-corrected chi connectivity index (χ1v) is 6.20. The fourth-order valence-electron chi connectivity index (χ4n) is 1.57. The number of hydrogen-bond donors (Lipinski definition) is 1. The molecule has 6 heteroatoms. The second kappa shape index (κ2) is 6.60. The van der Waals surface area contributed by atoms with Gasteiger partial charge in [-0.25, -0.2) is 9.18 Å². The lowest BCUT2D eigenvalue weighted by molar-refractivity contribution is -0.119. The summed E-state index contributed by atoms with van der Waals surface area (Å²) in [6, 6.07) is 8.67. The normalized spacial score (nSPS) is 10.0. The Kier molecular flexibility index (Phi) is 4.61. The zero-order chi connectivity index (χ0) is 15.2. The molecule has 0 radical (unpaired) electrons. The minimum Gasteiger partial charge on any atom is -0.452 e. The van der Waals surface area contributed by atoms with E-state index in [1.807, 2.05) is 0 Å². The van der Waals surface area contributed by atoms with Gasteiger partial charge in [0.2, 0.25) is 0 Å². The van der Waals surface area contributed by atoms with Crippen molar-refractivity contribution >= 4 is 17.6 Å². The van der Waals surface area contributed by atoms with Crippen LogP contribution in [0.5, 0.6) is 0 Å². The van der Waals surface area contributed by atoms with Gasteiger partial charge < -0.3 is 10.1 Å². The number of ether oxygens (including phenoxy) is 1. The number of aromatic nitrogens is 1. The lowest BCUT2D eigenvalue weighted by Gasteiger charge is -2.06. The number of carbonyl (C=O) groups excluding carboxylic acids is 2. The molecule has 2 aromatic rings. The van der Waals surface area contributed by atoms with Crippen LogP contribution in [0.1, 0.15) is 16.1 Å². The number of nitrogens with one attached hydrogen (secondary N) is 1. The topological polar surface area (TPSA) is 68.3 Å². The molecule has 0 saturated carbocycles. The highest BCUT2D eigenvalue weighted by molar-refractivity contribution is 5.95. The Morgan fingerprint density at radius 3 is 2.76 bits per heavy atom. The number of aryl methyl sites for hydroxylation is 1. The summed E-state index contributed by atoms with van der Waals surface area (Å²) in [5.74, 6) is -1.65. The molecule has 0 saturated heterocycles. The molecule has 5 nitrogen and oxygen atoms in total. The van der Waals surface area contributed by atoms with Crippen LogP contribution in [0.25, 0.3) is 0 Å². The molecule has 0 bridgehead atoms. The van der Waals surface area contributed by atoms with Crippen molar-refractivity contribution in [3.63, 3.8) is 0 Å². The summed E-state index contributed by atoms with van der Waals surface area (Å²) in [7, 11) is 0. The third-order valence-electron chi connectivity index (χ3n) is 2.59. The summed E-state index contributed by atoms with van der Waals surface area (Å²) in [6.07, 6.45) is 1.38. The van der Waals surface area contributed by atoms with Gasteiger partial charge in [0.15, 0.2) is 6.61 Å². The molecule has 1 N–H and O–H groups in total. The van der Waals surface area contributed by atoms with E-state index >= 15 is 0 Å². The largest absolute Gasteiger partial charge is 0.452 e. The van der Waals surface area contributed by atoms with E-state index in [1.54, 1.807) is 19.1 Å². The highest BCUT2D eigenvalue weighted by Crippen LogP contribution is 2.09. The van der Waals surface area contributed by atoms with Gasteiger partial charge in [-0.15, -0.1) is 0 Å². The highest BCUT2D eigenvalue weighted by Gasteiger charge is 2.10. The van der Waals surface area contributed by atoms with Crippen molar-refractivity contribution in [3.05, 3.63) is 59.7 Å². The van der Waals surface area contributed by atoms with E-state index in [2.05, 4.69) is 10.3 Å². The first kappa shape index (κ1) is 14.6. The van der Waals surface area contributed by atoms with Crippen LogP contribution in [0.2, 0.25) is 0 Å². The fraction of sp³-hybridized carbons (Fsp3) is 0.133. The Bertz CT molecular complexity index is 656. The van der Waals surface area contributed by atoms with Gasteiger partial charge >= 0.3 is 5.97 Å². The van der Waals surface area contributed by atoms with Crippen LogP contribution in [0.4, 0.5) is 10.1 Å². The molecule has 0 spiro atoms. The maximum absolute atomic E-state index is 12.9. The number of halogens is 1. The van der Waals surface area contributed by atoms with Crippen molar-refractivity contribution in [3.8, 4) is 0 Å². The number of pyridine rings is 1. The van der Waals surface area contributed by atoms with Crippen LogP contribution in [-0.2, 0) is 9.53 Å². The molecule has 108 valence electrons. The number of hydrogen-bond acceptors (Lipinski definition) is 4. The van der Waals surface area contributed by atoms with Crippen LogP contribution in [-0.4, -0.2) is 23.5 Å². The number of anilines is 1. The minimum atomic E-state index is -0.642. The number of benzene rings is 1. The Labute approximate surface area is 120 Å². The molecule has 21 heavy (non-hydrogen) atoms. The summed E-state index contributed by atoms with van der Waals surface area (Å²) < 4.78 is 17.8. The van der Waals surface area contributed by atoms with Crippen molar-refractivity contribution < 1.29 is 18.7 Å². The van der Waals surface area contributed by atoms with Crippen molar-refractivity contribution in [1.29, 1.82) is 0 Å². The van der Waals surface area contributed by atoms with Gasteiger partial charge in [-0.2, -0.15) is 0 Å². The number of nitrogens with zero attached hydrogens (tertiary/aromatic N) is 1. The van der Waals surface area contributed by atoms with Gasteiger partial charge in [0.05, 0.1) is 5.56 Å². The molecule has 0 fully saturated rings. The number of carbonyl (C=O) groups is 2. The second-order valence-corrected chi connectivity index (χ2v) is 4.32. The summed E-state index contributed by atoms with van der Waals surface area (Å²) >= 11 is 0. The van der Waals surface area contributed by atoms with Crippen molar-refractivity contribution in [1.82, 2.24) is 4.98 Å². The van der Waals surface area contributed by atoms with Crippen molar-refractivity contribution in [2.75, 3.05) is 11.9 Å². The van der Waals surface area contributed by atoms with Gasteiger partial charge in [-0.05, 0) is 37.3 Å². The summed E-state index contributed by atoms with van der Waals surface area (Å²) in [4.78, 5) is 27.2. The van der Waals surface area contributed by atoms with E-state index < -0.39 is 24.3 Å². The molecule has 0 unspecified atom stereocenters. The summed E-state index contributed by atoms with van der Waals surface area (Å²) in [5.41, 5.74) is 1.34. The zero-order valence-electron chi connectivity index (χ0n) is 11.3. The molecule has 1 amide bonds. The van der Waals surface area contributed by atoms with Crippen LogP contribution < -0.4 is 5.32 Å². The van der Waals surface area contributed by atoms with Crippen molar-refractivity contribution in [2.24, 2.45) is 0 Å². The van der Waals surface area contributed by atoms with E-state index in [4.69, 9.17) is 4.74 Å². The molecular formula is C15H13FN2O3. The van der Waals surface area contributed by atoms with E-state index in [0.29, 0.717) is 5.69 Å². The van der Waals surface area contributed by atoms with E-state index in [0.717, 1.165) is 5.69 Å². The Hall–Kier alpha value is -2.76. The minimum absolute atomic E-state index is 0.263. The molecule has 0 atom stereocenters. The van der Waals surface area contributed by atoms with Crippen LogP contribution in [0, 0.1) is 12.7 Å². The van der Waals surface area contributed by atoms with Crippen LogP contribution >= 0.6 is 0 Å². The van der Waals surface area contributed by atoms with Crippen LogP contribution in [0.3, 0.4) is 0 Å². The first-order valence-electron chi connectivity index (χ1n) is 6.20. The third-order valence-corrected chi connectivity index (χ3v) is 2.59. The summed E-state index contributed by atoms with van der Waals surface area (Å²) in [5, 5.41) is 2.43. The Morgan fingerprint density at radius 2 is 2.10 bits per heavy atom. The van der Waals surface area contributed by atoms with Crippen LogP contribution in [0.15, 0.2) is 42.6 Å². The van der Waals surface area contributed by atoms with E-state index in [1.165, 1.54) is 30.5 Å². The Balaban J connectivity index is 1.86. The predicted octanol–water partition coefficient (Wildman–Crippen LogP) is 2.32. The monoisotopic (exact) mass is 288 g/mol. The maximum atomic E-state index is 12.9. The number of esters is 1. The molecule has 0 aliphatic heterocycles. The smallest absolute Gasteiger partial charge is 0.340 e. The van der Waals surface area contributed by atoms with Gasteiger partial charge in [0.1, 0.15) is 5.82 Å². The SMILES string of the molecule is Cc1ccc(C(=O)OCC(=O)Nc2cccc(F)c2)cn1. The van der Waals surface area contributed by atoms with Gasteiger partial charge in [0, 0.05) is 17.6 Å². The zero-order valence-corrected chi connectivity index (χ0v) is 11.3. The molecule has 1 aromatic carbocycles. The predicted molar refractivity (Wildman–Crippen MR) is 74.3 cm³/mol. The van der Waals surface area contributed by atoms with E-state index in [9.17, 15) is 14.0 Å². The molecule has 1 heterocycles. The molecular weight excluding hydrogens is 275 g/mol. The lowest BCUT2D eigenvalue weighted by Crippen LogP contribution is -2.21. The quantitative estimate of drug-likeness (QED) is 0.877. The van der Waals surface area contributed by atoms with E-state index in [-0.39, 0.29) is 5.56 Å². The first-order chi connectivity index (χ1) is 10.0. The standard InChI is InChI=1S/C15H13FN2O3/c1-10-5-6-11(8-17-10)15(20)21-9-14(19)18-13-4-2-3-12(16)7-13/h2-8H,9H2,1H3,(H,18,19). The van der Waals surface area contributed by atoms with Gasteiger partial charge in [-0.1, -0.05) is 6.07 Å². The second-order valence-electron chi connectivity index (χ2n) is 4.32. The average molecular weight is 288 g/mol.